The zero-order valence-electron chi connectivity index (χ0n) is 20.0. The maximum Gasteiger partial charge on any atom is 0.231 e. The molecule has 1 atom stereocenters. The molecule has 0 saturated carbocycles. The van der Waals surface area contributed by atoms with Crippen molar-refractivity contribution in [3.8, 4) is 17.0 Å². The Morgan fingerprint density at radius 3 is 2.91 bits per heavy atom. The van der Waals surface area contributed by atoms with Gasteiger partial charge in [-0.05, 0) is 43.9 Å². The number of hydrogen-bond donors (Lipinski definition) is 2. The summed E-state index contributed by atoms with van der Waals surface area (Å²) < 4.78 is 7.99. The van der Waals surface area contributed by atoms with E-state index < -0.39 is 0 Å². The molecule has 2 aliphatic rings. The van der Waals surface area contributed by atoms with Gasteiger partial charge in [0.1, 0.15) is 18.7 Å². The van der Waals surface area contributed by atoms with E-state index >= 15 is 0 Å². The molecule has 1 fully saturated rings. The van der Waals surface area contributed by atoms with Crippen LogP contribution in [0.4, 0.5) is 0 Å². The van der Waals surface area contributed by atoms with Crippen molar-refractivity contribution < 1.29 is 9.53 Å². The largest absolute Gasteiger partial charge is 0.491 e. The molecule has 9 nitrogen and oxygen atoms in total. The topological polar surface area (TPSA) is 114 Å². The number of carbonyl (C=O) groups is 1. The van der Waals surface area contributed by atoms with E-state index in [1.54, 1.807) is 6.33 Å². The number of fused-ring (bicyclic) bond motifs is 4. The molecule has 1 spiro atoms. The number of nitrogens with one attached hydrogen (secondary N) is 1. The number of aromatic nitrogens is 5. The summed E-state index contributed by atoms with van der Waals surface area (Å²) in [5.74, 6) is 0.789. The molecule has 1 saturated heterocycles. The smallest absolute Gasteiger partial charge is 0.231 e. The average Bonchev–Trinajstić information content (AvgIpc) is 3.55. The SMILES string of the molecule is Cc1c(-c2[nH]c3cc4c(nc3c2C(C)C)[C@@]2(CCN(CC(N)=O)C2)CO4)cn2ncnc2c1C. The van der Waals surface area contributed by atoms with Crippen LogP contribution in [0, 0.1) is 13.8 Å². The number of nitrogens with two attached hydrogens (primary N) is 1. The van der Waals surface area contributed by atoms with Crippen molar-refractivity contribution in [1.82, 2.24) is 29.5 Å². The zero-order valence-corrected chi connectivity index (χ0v) is 20.0. The lowest BCUT2D eigenvalue weighted by Crippen LogP contribution is -2.37. The summed E-state index contributed by atoms with van der Waals surface area (Å²) in [6.45, 7) is 11.0. The molecule has 0 aromatic carbocycles. The molecule has 0 radical (unpaired) electrons. The molecule has 2 aliphatic heterocycles. The normalized spacial score (nSPS) is 20.1. The fourth-order valence-corrected chi connectivity index (χ4v) is 5.74. The van der Waals surface area contributed by atoms with Crippen LogP contribution in [0.25, 0.3) is 27.9 Å². The second kappa shape index (κ2) is 7.27. The van der Waals surface area contributed by atoms with E-state index in [0.717, 1.165) is 64.5 Å². The number of ether oxygens (including phenoxy) is 1. The molecule has 9 heteroatoms. The van der Waals surface area contributed by atoms with Crippen molar-refractivity contribution in [2.75, 3.05) is 26.2 Å². The summed E-state index contributed by atoms with van der Waals surface area (Å²) in [4.78, 5) is 26.9. The Morgan fingerprint density at radius 1 is 1.32 bits per heavy atom. The van der Waals surface area contributed by atoms with E-state index in [4.69, 9.17) is 15.5 Å². The summed E-state index contributed by atoms with van der Waals surface area (Å²) in [5, 5.41) is 4.38. The van der Waals surface area contributed by atoms with Gasteiger partial charge in [-0.1, -0.05) is 13.8 Å². The summed E-state index contributed by atoms with van der Waals surface area (Å²) in [6.07, 6.45) is 4.54. The molecular weight excluding hydrogens is 430 g/mol. The minimum atomic E-state index is -0.299. The summed E-state index contributed by atoms with van der Waals surface area (Å²) in [5.41, 5.74) is 14.7. The Morgan fingerprint density at radius 2 is 2.15 bits per heavy atom. The van der Waals surface area contributed by atoms with E-state index in [0.29, 0.717) is 6.61 Å². The highest BCUT2D eigenvalue weighted by Gasteiger charge is 2.48. The lowest BCUT2D eigenvalue weighted by Gasteiger charge is -2.21. The van der Waals surface area contributed by atoms with Gasteiger partial charge in [-0.25, -0.2) is 14.5 Å². The summed E-state index contributed by atoms with van der Waals surface area (Å²) >= 11 is 0. The lowest BCUT2D eigenvalue weighted by atomic mass is 9.85. The standard InChI is InChI=1S/C25H29N7O2/c1-13(2)20-21(16-8-32-24(27-12-28-32)15(4)14(16)3)29-17-7-18-23(30-22(17)20)25(11-34-18)5-6-31(10-25)9-19(26)33/h7-8,12-13,29H,5-6,9-11H2,1-4H3,(H2,26,33)/t25-/m1/s1. The van der Waals surface area contributed by atoms with E-state index in [9.17, 15) is 4.79 Å². The fraction of sp³-hybridized carbons (Fsp3) is 0.440. The van der Waals surface area contributed by atoms with Crippen LogP contribution in [0.1, 0.15) is 48.6 Å². The first-order chi connectivity index (χ1) is 16.3. The maximum atomic E-state index is 11.5. The fourth-order valence-electron chi connectivity index (χ4n) is 5.74. The molecular formula is C25H29N7O2. The van der Waals surface area contributed by atoms with E-state index in [1.807, 2.05) is 10.7 Å². The molecule has 1 amide bonds. The van der Waals surface area contributed by atoms with Gasteiger partial charge in [0.2, 0.25) is 5.91 Å². The number of rotatable bonds is 4. The minimum absolute atomic E-state index is 0.198. The van der Waals surface area contributed by atoms with E-state index in [1.165, 1.54) is 11.1 Å². The molecule has 4 aromatic rings. The van der Waals surface area contributed by atoms with Crippen LogP contribution in [-0.2, 0) is 10.2 Å². The van der Waals surface area contributed by atoms with Crippen molar-refractivity contribution in [3.63, 3.8) is 0 Å². The van der Waals surface area contributed by atoms with Gasteiger partial charge in [0.05, 0.1) is 34.4 Å². The van der Waals surface area contributed by atoms with Crippen LogP contribution in [0.3, 0.4) is 0 Å². The van der Waals surface area contributed by atoms with E-state index in [2.05, 4.69) is 53.7 Å². The quantitative estimate of drug-likeness (QED) is 0.485. The number of pyridine rings is 2. The second-order valence-corrected chi connectivity index (χ2v) is 10.1. The Bertz CT molecular complexity index is 1470. The van der Waals surface area contributed by atoms with Crippen molar-refractivity contribution in [3.05, 3.63) is 41.0 Å². The van der Waals surface area contributed by atoms with Crippen molar-refractivity contribution in [2.45, 2.75) is 45.4 Å². The highest BCUT2D eigenvalue weighted by Crippen LogP contribution is 2.46. The molecule has 3 N–H and O–H groups in total. The van der Waals surface area contributed by atoms with Crippen molar-refractivity contribution in [1.29, 1.82) is 0 Å². The van der Waals surface area contributed by atoms with Crippen LogP contribution >= 0.6 is 0 Å². The number of aromatic amines is 1. The number of primary amides is 1. The Balaban J connectivity index is 1.52. The molecule has 176 valence electrons. The highest BCUT2D eigenvalue weighted by molar-refractivity contribution is 5.90. The number of amides is 1. The average molecular weight is 460 g/mol. The number of likely N-dealkylation sites (tertiary alicyclic amines) is 1. The summed E-state index contributed by atoms with van der Waals surface area (Å²) in [7, 11) is 0. The zero-order chi connectivity index (χ0) is 23.8. The van der Waals surface area contributed by atoms with Crippen LogP contribution in [0.15, 0.2) is 18.6 Å². The third-order valence-electron chi connectivity index (χ3n) is 7.56. The molecule has 6 heterocycles. The predicted octanol–water partition coefficient (Wildman–Crippen LogP) is 2.83. The number of aryl methyl sites for hydroxylation is 1. The van der Waals surface area contributed by atoms with Crippen LogP contribution in [0.2, 0.25) is 0 Å². The Labute approximate surface area is 197 Å². The highest BCUT2D eigenvalue weighted by atomic mass is 16.5. The van der Waals surface area contributed by atoms with Gasteiger partial charge in [-0.3, -0.25) is 9.69 Å². The van der Waals surface area contributed by atoms with Crippen LogP contribution in [-0.4, -0.2) is 61.6 Å². The number of hydrogen-bond acceptors (Lipinski definition) is 6. The first-order valence-electron chi connectivity index (χ1n) is 11.8. The monoisotopic (exact) mass is 459 g/mol. The van der Waals surface area contributed by atoms with Gasteiger partial charge in [0.15, 0.2) is 5.65 Å². The van der Waals surface area contributed by atoms with Gasteiger partial charge in [-0.2, -0.15) is 5.10 Å². The number of nitrogens with zero attached hydrogens (tertiary/aromatic N) is 5. The van der Waals surface area contributed by atoms with Crippen LogP contribution in [0.5, 0.6) is 5.75 Å². The minimum Gasteiger partial charge on any atom is -0.491 e. The van der Waals surface area contributed by atoms with Gasteiger partial charge in [0, 0.05) is 29.9 Å². The molecule has 4 aromatic heterocycles. The van der Waals surface area contributed by atoms with Crippen LogP contribution < -0.4 is 10.5 Å². The first-order valence-corrected chi connectivity index (χ1v) is 11.8. The maximum absolute atomic E-state index is 11.5. The van der Waals surface area contributed by atoms with E-state index in [-0.39, 0.29) is 23.8 Å². The van der Waals surface area contributed by atoms with Gasteiger partial charge in [0.25, 0.3) is 0 Å². The second-order valence-electron chi connectivity index (χ2n) is 10.1. The number of carbonyl (C=O) groups excluding carboxylic acids is 1. The third kappa shape index (κ3) is 2.96. The molecule has 0 aliphatic carbocycles. The van der Waals surface area contributed by atoms with Crippen molar-refractivity contribution in [2.24, 2.45) is 5.73 Å². The Hall–Kier alpha value is -3.46. The lowest BCUT2D eigenvalue weighted by molar-refractivity contribution is -0.118. The predicted molar refractivity (Wildman–Crippen MR) is 129 cm³/mol. The number of H-pyrrole nitrogens is 1. The first kappa shape index (κ1) is 21.1. The molecule has 0 bridgehead atoms. The summed E-state index contributed by atoms with van der Waals surface area (Å²) in [6, 6.07) is 2.09. The van der Waals surface area contributed by atoms with Gasteiger partial charge >= 0.3 is 0 Å². The Kier molecular flexibility index (Phi) is 4.51. The van der Waals surface area contributed by atoms with Gasteiger partial charge < -0.3 is 15.5 Å². The third-order valence-corrected chi connectivity index (χ3v) is 7.56. The van der Waals surface area contributed by atoms with Gasteiger partial charge in [-0.15, -0.1) is 0 Å². The van der Waals surface area contributed by atoms with Crippen molar-refractivity contribution >= 4 is 22.6 Å². The molecule has 34 heavy (non-hydrogen) atoms. The molecule has 6 rings (SSSR count). The molecule has 0 unspecified atom stereocenters.